The van der Waals surface area contributed by atoms with E-state index in [1.54, 1.807) is 23.5 Å². The summed E-state index contributed by atoms with van der Waals surface area (Å²) in [6.45, 7) is 4.12. The minimum atomic E-state index is -0.398. The summed E-state index contributed by atoms with van der Waals surface area (Å²) in [5.74, 6) is -0.0416. The van der Waals surface area contributed by atoms with Gasteiger partial charge < -0.3 is 4.90 Å². The number of aromatic nitrogens is 1. The first-order valence-corrected chi connectivity index (χ1v) is 9.26. The van der Waals surface area contributed by atoms with Crippen LogP contribution in [0, 0.1) is 5.82 Å². The lowest BCUT2D eigenvalue weighted by Crippen LogP contribution is -2.51. The molecular weight excluding hydrogens is 325 g/mol. The Morgan fingerprint density at radius 3 is 2.46 bits per heavy atom. The van der Waals surface area contributed by atoms with E-state index < -0.39 is 5.41 Å². The molecule has 2 fully saturated rings. The molecule has 0 N–H and O–H groups in total. The van der Waals surface area contributed by atoms with E-state index in [9.17, 15) is 9.18 Å². The molecule has 1 aliphatic carbocycles. The maximum atomic E-state index is 13.1. The number of thiazole rings is 1. The van der Waals surface area contributed by atoms with Gasteiger partial charge in [-0.05, 0) is 30.5 Å². The van der Waals surface area contributed by atoms with Crippen molar-refractivity contribution in [3.63, 3.8) is 0 Å². The van der Waals surface area contributed by atoms with E-state index in [0.29, 0.717) is 0 Å². The van der Waals surface area contributed by atoms with Crippen LogP contribution in [0.3, 0.4) is 0 Å². The SMILES string of the molecule is O=C(N1CCN(Cc2cscn2)CC1)C1(c2ccc(F)cc2)CC1. The van der Waals surface area contributed by atoms with E-state index in [4.69, 9.17) is 0 Å². The quantitative estimate of drug-likeness (QED) is 0.855. The Hall–Kier alpha value is -1.79. The fraction of sp³-hybridized carbons (Fsp3) is 0.444. The number of carbonyl (C=O) groups excluding carboxylic acids is 1. The van der Waals surface area contributed by atoms with Gasteiger partial charge in [0.25, 0.3) is 0 Å². The minimum absolute atomic E-state index is 0.211. The number of halogens is 1. The molecule has 126 valence electrons. The van der Waals surface area contributed by atoms with Gasteiger partial charge >= 0.3 is 0 Å². The molecule has 1 amide bonds. The molecule has 1 aromatic carbocycles. The number of benzene rings is 1. The molecule has 4 nitrogen and oxygen atoms in total. The maximum Gasteiger partial charge on any atom is 0.233 e. The summed E-state index contributed by atoms with van der Waals surface area (Å²) in [5.41, 5.74) is 3.52. The summed E-state index contributed by atoms with van der Waals surface area (Å²) in [4.78, 5) is 21.6. The summed E-state index contributed by atoms with van der Waals surface area (Å²) in [6, 6.07) is 6.43. The summed E-state index contributed by atoms with van der Waals surface area (Å²) < 4.78 is 13.1. The standard InChI is InChI=1S/C18H20FN3OS/c19-15-3-1-14(2-4-15)18(5-6-18)17(23)22-9-7-21(8-10-22)11-16-12-24-13-20-16/h1-4,12-13H,5-11H2. The second-order valence-electron chi connectivity index (χ2n) is 6.64. The zero-order valence-electron chi connectivity index (χ0n) is 13.4. The molecule has 0 atom stereocenters. The number of piperazine rings is 1. The van der Waals surface area contributed by atoms with Crippen LogP contribution < -0.4 is 0 Å². The molecule has 2 aromatic rings. The smallest absolute Gasteiger partial charge is 0.233 e. The van der Waals surface area contributed by atoms with Crippen molar-refractivity contribution in [3.8, 4) is 0 Å². The van der Waals surface area contributed by atoms with Crippen LogP contribution in [0.2, 0.25) is 0 Å². The zero-order valence-corrected chi connectivity index (χ0v) is 14.3. The van der Waals surface area contributed by atoms with Gasteiger partial charge in [0.2, 0.25) is 5.91 Å². The van der Waals surface area contributed by atoms with Gasteiger partial charge in [-0.25, -0.2) is 9.37 Å². The van der Waals surface area contributed by atoms with Gasteiger partial charge in [0.05, 0.1) is 16.6 Å². The molecule has 0 bridgehead atoms. The van der Waals surface area contributed by atoms with Gasteiger partial charge in [-0.2, -0.15) is 0 Å². The second kappa shape index (κ2) is 6.26. The molecule has 2 heterocycles. The third-order valence-corrected chi connectivity index (χ3v) is 5.72. The summed E-state index contributed by atoms with van der Waals surface area (Å²) in [7, 11) is 0. The molecular formula is C18H20FN3OS. The van der Waals surface area contributed by atoms with E-state index in [1.807, 2.05) is 10.4 Å². The van der Waals surface area contributed by atoms with Gasteiger partial charge in [-0.1, -0.05) is 12.1 Å². The van der Waals surface area contributed by atoms with E-state index in [1.165, 1.54) is 12.1 Å². The van der Waals surface area contributed by atoms with Crippen molar-refractivity contribution in [2.24, 2.45) is 0 Å². The lowest BCUT2D eigenvalue weighted by Gasteiger charge is -2.36. The first-order valence-electron chi connectivity index (χ1n) is 8.32. The predicted octanol–water partition coefficient (Wildman–Crippen LogP) is 2.66. The highest BCUT2D eigenvalue weighted by Crippen LogP contribution is 2.49. The molecule has 1 aromatic heterocycles. The normalized spacial score (nSPS) is 20.1. The first kappa shape index (κ1) is 15.7. The van der Waals surface area contributed by atoms with Gasteiger partial charge in [0, 0.05) is 38.1 Å². The fourth-order valence-corrected chi connectivity index (χ4v) is 4.03. The van der Waals surface area contributed by atoms with Gasteiger partial charge in [0.1, 0.15) is 5.82 Å². The van der Waals surface area contributed by atoms with Gasteiger partial charge in [-0.15, -0.1) is 11.3 Å². The Balaban J connectivity index is 1.38. The largest absolute Gasteiger partial charge is 0.339 e. The van der Waals surface area contributed by atoms with Crippen LogP contribution in [0.1, 0.15) is 24.1 Å². The summed E-state index contributed by atoms with van der Waals surface area (Å²) in [6.07, 6.45) is 1.74. The number of carbonyl (C=O) groups is 1. The van der Waals surface area contributed by atoms with E-state index in [0.717, 1.165) is 56.8 Å². The third kappa shape index (κ3) is 2.96. The first-order chi connectivity index (χ1) is 11.7. The van der Waals surface area contributed by atoms with E-state index in [-0.39, 0.29) is 11.7 Å². The topological polar surface area (TPSA) is 36.4 Å². The molecule has 1 aliphatic heterocycles. The number of hydrogen-bond acceptors (Lipinski definition) is 4. The van der Waals surface area contributed by atoms with Crippen LogP contribution >= 0.6 is 11.3 Å². The van der Waals surface area contributed by atoms with E-state index in [2.05, 4.69) is 15.3 Å². The van der Waals surface area contributed by atoms with Crippen LogP contribution in [0.15, 0.2) is 35.2 Å². The molecule has 2 aliphatic rings. The maximum absolute atomic E-state index is 13.1. The Bertz CT molecular complexity index is 704. The Kier molecular flexibility index (Phi) is 4.10. The lowest BCUT2D eigenvalue weighted by atomic mass is 9.94. The van der Waals surface area contributed by atoms with Crippen molar-refractivity contribution in [2.75, 3.05) is 26.2 Å². The van der Waals surface area contributed by atoms with Crippen molar-refractivity contribution < 1.29 is 9.18 Å². The average molecular weight is 345 g/mol. The van der Waals surface area contributed by atoms with Gasteiger partial charge in [0.15, 0.2) is 0 Å². The average Bonchev–Trinajstić information content (AvgIpc) is 3.26. The van der Waals surface area contributed by atoms with Crippen LogP contribution in [0.25, 0.3) is 0 Å². The third-order valence-electron chi connectivity index (χ3n) is 5.08. The highest BCUT2D eigenvalue weighted by Gasteiger charge is 2.53. The van der Waals surface area contributed by atoms with Crippen LogP contribution in [0.5, 0.6) is 0 Å². The highest BCUT2D eigenvalue weighted by molar-refractivity contribution is 7.07. The molecule has 0 radical (unpaired) electrons. The van der Waals surface area contributed by atoms with Crippen molar-refractivity contribution in [3.05, 3.63) is 52.2 Å². The number of nitrogens with zero attached hydrogens (tertiary/aromatic N) is 3. The summed E-state index contributed by atoms with van der Waals surface area (Å²) in [5, 5.41) is 2.07. The molecule has 6 heteroatoms. The van der Waals surface area contributed by atoms with Crippen molar-refractivity contribution in [2.45, 2.75) is 24.8 Å². The molecule has 24 heavy (non-hydrogen) atoms. The summed E-state index contributed by atoms with van der Waals surface area (Å²) >= 11 is 1.61. The highest BCUT2D eigenvalue weighted by atomic mass is 32.1. The molecule has 1 saturated heterocycles. The van der Waals surface area contributed by atoms with Crippen molar-refractivity contribution in [1.82, 2.24) is 14.8 Å². The van der Waals surface area contributed by atoms with Crippen molar-refractivity contribution >= 4 is 17.2 Å². The molecule has 4 rings (SSSR count). The Labute approximate surface area is 144 Å². The molecule has 0 spiro atoms. The van der Waals surface area contributed by atoms with E-state index >= 15 is 0 Å². The van der Waals surface area contributed by atoms with Crippen LogP contribution in [-0.2, 0) is 16.8 Å². The lowest BCUT2D eigenvalue weighted by molar-refractivity contribution is -0.135. The predicted molar refractivity (Wildman–Crippen MR) is 91.3 cm³/mol. The van der Waals surface area contributed by atoms with Crippen LogP contribution in [0.4, 0.5) is 4.39 Å². The zero-order chi connectivity index (χ0) is 16.6. The Morgan fingerprint density at radius 2 is 1.88 bits per heavy atom. The second-order valence-corrected chi connectivity index (χ2v) is 7.36. The monoisotopic (exact) mass is 345 g/mol. The molecule has 1 saturated carbocycles. The fourth-order valence-electron chi connectivity index (χ4n) is 3.48. The van der Waals surface area contributed by atoms with Crippen LogP contribution in [-0.4, -0.2) is 46.9 Å². The number of hydrogen-bond donors (Lipinski definition) is 0. The van der Waals surface area contributed by atoms with Gasteiger partial charge in [-0.3, -0.25) is 9.69 Å². The number of rotatable bonds is 4. The minimum Gasteiger partial charge on any atom is -0.339 e. The Morgan fingerprint density at radius 1 is 1.17 bits per heavy atom. The van der Waals surface area contributed by atoms with Crippen molar-refractivity contribution in [1.29, 1.82) is 0 Å². The number of amides is 1. The molecule has 0 unspecified atom stereocenters.